The molecule has 0 aliphatic carbocycles. The molecule has 0 radical (unpaired) electrons. The molecule has 0 aliphatic heterocycles. The summed E-state index contributed by atoms with van der Waals surface area (Å²) in [4.78, 5) is 12.5. The van der Waals surface area contributed by atoms with Crippen LogP contribution >= 0.6 is 0 Å². The van der Waals surface area contributed by atoms with E-state index in [1.807, 2.05) is 30.3 Å². The maximum absolute atomic E-state index is 12.5. The molecular formula is C22H22N2O4S. The van der Waals surface area contributed by atoms with Crippen LogP contribution in [0.5, 0.6) is 5.75 Å². The van der Waals surface area contributed by atoms with Gasteiger partial charge in [0.1, 0.15) is 5.75 Å². The molecule has 0 atom stereocenters. The number of hydrogen-bond acceptors (Lipinski definition) is 4. The summed E-state index contributed by atoms with van der Waals surface area (Å²) < 4.78 is 31.0. The largest absolute Gasteiger partial charge is 0.497 e. The van der Waals surface area contributed by atoms with E-state index in [4.69, 9.17) is 4.74 Å². The van der Waals surface area contributed by atoms with Crippen molar-refractivity contribution < 1.29 is 17.9 Å². The molecule has 0 fully saturated rings. The lowest BCUT2D eigenvalue weighted by molar-refractivity contribution is 0.102. The molecule has 3 rings (SSSR count). The minimum Gasteiger partial charge on any atom is -0.497 e. The Morgan fingerprint density at radius 2 is 1.55 bits per heavy atom. The Labute approximate surface area is 170 Å². The monoisotopic (exact) mass is 410 g/mol. The molecule has 0 unspecified atom stereocenters. The summed E-state index contributed by atoms with van der Waals surface area (Å²) in [6.07, 6.45) is 1.17. The number of carbonyl (C=O) groups excluding carboxylic acids is 1. The van der Waals surface area contributed by atoms with Gasteiger partial charge in [0.15, 0.2) is 0 Å². The van der Waals surface area contributed by atoms with Gasteiger partial charge >= 0.3 is 0 Å². The Hall–Kier alpha value is -3.32. The Balaban J connectivity index is 1.76. The number of carbonyl (C=O) groups is 1. The van der Waals surface area contributed by atoms with E-state index in [1.165, 1.54) is 10.6 Å². The van der Waals surface area contributed by atoms with Crippen molar-refractivity contribution in [3.63, 3.8) is 0 Å². The van der Waals surface area contributed by atoms with Crippen LogP contribution in [0.25, 0.3) is 0 Å². The molecule has 0 heterocycles. The smallest absolute Gasteiger partial charge is 0.255 e. The van der Waals surface area contributed by atoms with Crippen molar-refractivity contribution in [2.24, 2.45) is 0 Å². The van der Waals surface area contributed by atoms with Crippen LogP contribution in [0.15, 0.2) is 78.9 Å². The van der Waals surface area contributed by atoms with Gasteiger partial charge in [-0.25, -0.2) is 8.42 Å². The average Bonchev–Trinajstić information content (AvgIpc) is 2.72. The summed E-state index contributed by atoms with van der Waals surface area (Å²) >= 11 is 0. The summed E-state index contributed by atoms with van der Waals surface area (Å²) in [5.41, 5.74) is 2.44. The number of rotatable bonds is 7. The lowest BCUT2D eigenvalue weighted by Gasteiger charge is -2.22. The Morgan fingerprint density at radius 1 is 0.931 bits per heavy atom. The second-order valence-electron chi connectivity index (χ2n) is 6.48. The van der Waals surface area contributed by atoms with Crippen LogP contribution in [-0.4, -0.2) is 27.7 Å². The molecule has 0 saturated heterocycles. The molecule has 3 aromatic rings. The van der Waals surface area contributed by atoms with Gasteiger partial charge in [-0.05, 0) is 54.1 Å². The fraction of sp³-hybridized carbons (Fsp3) is 0.136. The van der Waals surface area contributed by atoms with Crippen molar-refractivity contribution >= 4 is 27.3 Å². The van der Waals surface area contributed by atoms with Gasteiger partial charge < -0.3 is 10.1 Å². The van der Waals surface area contributed by atoms with Crippen LogP contribution in [0.1, 0.15) is 15.9 Å². The molecule has 29 heavy (non-hydrogen) atoms. The number of nitrogens with zero attached hydrogens (tertiary/aromatic N) is 1. The summed E-state index contributed by atoms with van der Waals surface area (Å²) in [5.74, 6) is 0.419. The molecule has 0 spiro atoms. The van der Waals surface area contributed by atoms with Crippen LogP contribution < -0.4 is 14.4 Å². The molecule has 0 aromatic heterocycles. The first-order valence-corrected chi connectivity index (χ1v) is 10.8. The van der Waals surface area contributed by atoms with Gasteiger partial charge in [-0.2, -0.15) is 0 Å². The third-order valence-corrected chi connectivity index (χ3v) is 5.48. The third-order valence-electron chi connectivity index (χ3n) is 4.33. The Morgan fingerprint density at radius 3 is 2.10 bits per heavy atom. The first-order chi connectivity index (χ1) is 13.9. The van der Waals surface area contributed by atoms with E-state index < -0.39 is 10.0 Å². The van der Waals surface area contributed by atoms with E-state index in [-0.39, 0.29) is 12.5 Å². The maximum Gasteiger partial charge on any atom is 0.255 e. The number of anilines is 2. The molecule has 150 valence electrons. The van der Waals surface area contributed by atoms with Crippen molar-refractivity contribution in [3.8, 4) is 5.75 Å². The first-order valence-electron chi connectivity index (χ1n) is 8.94. The molecule has 1 N–H and O–H groups in total. The van der Waals surface area contributed by atoms with Gasteiger partial charge in [0, 0.05) is 11.3 Å². The number of nitrogens with one attached hydrogen (secondary N) is 1. The van der Waals surface area contributed by atoms with Crippen molar-refractivity contribution in [3.05, 3.63) is 90.0 Å². The summed E-state index contributed by atoms with van der Waals surface area (Å²) in [6.45, 7) is 0.219. The molecule has 1 amide bonds. The molecule has 7 heteroatoms. The zero-order valence-corrected chi connectivity index (χ0v) is 17.0. The lowest BCUT2D eigenvalue weighted by atomic mass is 10.1. The second kappa shape index (κ2) is 8.79. The quantitative estimate of drug-likeness (QED) is 0.641. The SMILES string of the molecule is COc1ccc(NC(=O)c2ccc(N(Cc3ccccc3)S(C)(=O)=O)cc2)cc1. The van der Waals surface area contributed by atoms with Crippen molar-refractivity contribution in [1.82, 2.24) is 0 Å². The van der Waals surface area contributed by atoms with Gasteiger partial charge in [0.05, 0.1) is 25.6 Å². The van der Waals surface area contributed by atoms with E-state index in [0.29, 0.717) is 22.7 Å². The maximum atomic E-state index is 12.5. The summed E-state index contributed by atoms with van der Waals surface area (Å²) in [7, 11) is -1.91. The number of sulfonamides is 1. The number of amides is 1. The van der Waals surface area contributed by atoms with E-state index in [9.17, 15) is 13.2 Å². The van der Waals surface area contributed by atoms with E-state index in [1.54, 1.807) is 55.6 Å². The number of hydrogen-bond donors (Lipinski definition) is 1. The fourth-order valence-electron chi connectivity index (χ4n) is 2.81. The minimum atomic E-state index is -3.48. The molecule has 3 aromatic carbocycles. The van der Waals surface area contributed by atoms with Gasteiger partial charge in [-0.1, -0.05) is 30.3 Å². The van der Waals surface area contributed by atoms with Crippen LogP contribution in [0.3, 0.4) is 0 Å². The number of benzene rings is 3. The molecule has 0 aliphatic rings. The predicted molar refractivity (Wildman–Crippen MR) is 115 cm³/mol. The Kier molecular flexibility index (Phi) is 6.19. The highest BCUT2D eigenvalue weighted by molar-refractivity contribution is 7.92. The predicted octanol–water partition coefficient (Wildman–Crippen LogP) is 3.91. The minimum absolute atomic E-state index is 0.219. The van der Waals surface area contributed by atoms with Gasteiger partial charge in [-0.15, -0.1) is 0 Å². The average molecular weight is 410 g/mol. The Bertz CT molecular complexity index is 1060. The standard InChI is InChI=1S/C22H22N2O4S/c1-28-21-14-10-19(11-15-21)23-22(25)18-8-12-20(13-9-18)24(29(2,26)27)16-17-6-4-3-5-7-17/h3-15H,16H2,1-2H3,(H,23,25). The lowest BCUT2D eigenvalue weighted by Crippen LogP contribution is -2.29. The number of ether oxygens (including phenoxy) is 1. The van der Waals surface area contributed by atoms with Crippen LogP contribution in [0, 0.1) is 0 Å². The van der Waals surface area contributed by atoms with Gasteiger partial charge in [-0.3, -0.25) is 9.10 Å². The fourth-order valence-corrected chi connectivity index (χ4v) is 3.69. The highest BCUT2D eigenvalue weighted by Crippen LogP contribution is 2.22. The first kappa shape index (κ1) is 20.4. The van der Waals surface area contributed by atoms with Crippen LogP contribution in [0.2, 0.25) is 0 Å². The van der Waals surface area contributed by atoms with Gasteiger partial charge in [0.2, 0.25) is 10.0 Å². The van der Waals surface area contributed by atoms with Crippen molar-refractivity contribution in [1.29, 1.82) is 0 Å². The molecular weight excluding hydrogens is 388 g/mol. The molecule has 0 saturated carbocycles. The highest BCUT2D eigenvalue weighted by Gasteiger charge is 2.18. The van der Waals surface area contributed by atoms with E-state index >= 15 is 0 Å². The normalized spacial score (nSPS) is 11.0. The van der Waals surface area contributed by atoms with Crippen molar-refractivity contribution in [2.45, 2.75) is 6.54 Å². The zero-order chi connectivity index (χ0) is 20.9. The van der Waals surface area contributed by atoms with Crippen LogP contribution in [-0.2, 0) is 16.6 Å². The third kappa shape index (κ3) is 5.36. The highest BCUT2D eigenvalue weighted by atomic mass is 32.2. The van der Waals surface area contributed by atoms with E-state index in [2.05, 4.69) is 5.32 Å². The van der Waals surface area contributed by atoms with Gasteiger partial charge in [0.25, 0.3) is 5.91 Å². The van der Waals surface area contributed by atoms with E-state index in [0.717, 1.165) is 5.56 Å². The topological polar surface area (TPSA) is 75.7 Å². The van der Waals surface area contributed by atoms with Crippen molar-refractivity contribution in [2.75, 3.05) is 23.0 Å². The van der Waals surface area contributed by atoms with Crippen LogP contribution in [0.4, 0.5) is 11.4 Å². The zero-order valence-electron chi connectivity index (χ0n) is 16.2. The molecule has 6 nitrogen and oxygen atoms in total. The number of methoxy groups -OCH3 is 1. The summed E-state index contributed by atoms with van der Waals surface area (Å²) in [6, 6.07) is 22.8. The summed E-state index contributed by atoms with van der Waals surface area (Å²) in [5, 5.41) is 2.80. The molecule has 0 bridgehead atoms. The second-order valence-corrected chi connectivity index (χ2v) is 8.39.